The molecule has 1 atom stereocenters. The number of nitrogen functional groups attached to an aromatic ring is 1. The van der Waals surface area contributed by atoms with Crippen LogP contribution in [-0.4, -0.2) is 18.1 Å². The van der Waals surface area contributed by atoms with Gasteiger partial charge in [0.1, 0.15) is 5.75 Å². The summed E-state index contributed by atoms with van der Waals surface area (Å²) in [5.74, 6) is 0.965. The molecule has 26 heavy (non-hydrogen) atoms. The van der Waals surface area contributed by atoms with Crippen molar-refractivity contribution in [1.82, 2.24) is 5.32 Å². The summed E-state index contributed by atoms with van der Waals surface area (Å²) in [5.41, 5.74) is 8.94. The summed E-state index contributed by atoms with van der Waals surface area (Å²) in [7, 11) is 0. The van der Waals surface area contributed by atoms with Gasteiger partial charge in [-0.15, -0.1) is 0 Å². The lowest BCUT2D eigenvalue weighted by Gasteiger charge is -2.15. The smallest absolute Gasteiger partial charge is 0.220 e. The van der Waals surface area contributed by atoms with Crippen molar-refractivity contribution in [3.63, 3.8) is 0 Å². The SMILES string of the molecule is CC(CCc1ccc(OC(C)C)cc1)NC(=O)CCc1ccccc1N. The quantitative estimate of drug-likeness (QED) is 0.666. The van der Waals surface area contributed by atoms with Crippen LogP contribution in [0.1, 0.15) is 44.7 Å². The Morgan fingerprint density at radius 3 is 2.38 bits per heavy atom. The zero-order chi connectivity index (χ0) is 18.9. The van der Waals surface area contributed by atoms with Crippen molar-refractivity contribution in [2.45, 2.75) is 58.6 Å². The summed E-state index contributed by atoms with van der Waals surface area (Å²) < 4.78 is 5.65. The minimum atomic E-state index is 0.0708. The van der Waals surface area contributed by atoms with Gasteiger partial charge in [-0.05, 0) is 69.4 Å². The Bertz CT molecular complexity index is 696. The summed E-state index contributed by atoms with van der Waals surface area (Å²) >= 11 is 0. The van der Waals surface area contributed by atoms with E-state index in [4.69, 9.17) is 10.5 Å². The van der Waals surface area contributed by atoms with Crippen molar-refractivity contribution in [3.8, 4) is 5.75 Å². The van der Waals surface area contributed by atoms with Gasteiger partial charge < -0.3 is 15.8 Å². The molecule has 0 bridgehead atoms. The van der Waals surface area contributed by atoms with Gasteiger partial charge in [0.05, 0.1) is 6.10 Å². The molecule has 140 valence electrons. The molecule has 2 aromatic rings. The zero-order valence-corrected chi connectivity index (χ0v) is 16.0. The first-order chi connectivity index (χ1) is 12.4. The molecule has 0 aromatic heterocycles. The van der Waals surface area contributed by atoms with Crippen LogP contribution < -0.4 is 15.8 Å². The fourth-order valence-corrected chi connectivity index (χ4v) is 2.82. The van der Waals surface area contributed by atoms with E-state index in [1.807, 2.05) is 57.2 Å². The standard InChI is InChI=1S/C22H30N2O2/c1-16(2)26-20-13-10-18(11-14-20)9-8-17(3)24-22(25)15-12-19-6-4-5-7-21(19)23/h4-7,10-11,13-14,16-17H,8-9,12,15,23H2,1-3H3,(H,24,25). The molecular formula is C22H30N2O2. The highest BCUT2D eigenvalue weighted by molar-refractivity contribution is 5.76. The maximum atomic E-state index is 12.1. The van der Waals surface area contributed by atoms with Gasteiger partial charge in [-0.2, -0.15) is 0 Å². The Labute approximate surface area is 156 Å². The van der Waals surface area contributed by atoms with Crippen LogP contribution in [0.25, 0.3) is 0 Å². The van der Waals surface area contributed by atoms with Crippen molar-refractivity contribution in [3.05, 3.63) is 59.7 Å². The second-order valence-corrected chi connectivity index (χ2v) is 7.02. The van der Waals surface area contributed by atoms with Crippen molar-refractivity contribution in [1.29, 1.82) is 0 Å². The van der Waals surface area contributed by atoms with E-state index in [1.165, 1.54) is 5.56 Å². The molecule has 2 rings (SSSR count). The van der Waals surface area contributed by atoms with Gasteiger partial charge in [0.25, 0.3) is 0 Å². The van der Waals surface area contributed by atoms with E-state index < -0.39 is 0 Å². The maximum absolute atomic E-state index is 12.1. The average molecular weight is 354 g/mol. The summed E-state index contributed by atoms with van der Waals surface area (Å²) in [5, 5.41) is 3.07. The third-order valence-corrected chi connectivity index (χ3v) is 4.25. The number of benzene rings is 2. The molecule has 0 radical (unpaired) electrons. The summed E-state index contributed by atoms with van der Waals surface area (Å²) in [6, 6.07) is 16.0. The van der Waals surface area contributed by atoms with E-state index in [-0.39, 0.29) is 18.1 Å². The van der Waals surface area contributed by atoms with Gasteiger partial charge in [-0.3, -0.25) is 4.79 Å². The van der Waals surface area contributed by atoms with E-state index in [0.29, 0.717) is 12.8 Å². The number of amides is 1. The highest BCUT2D eigenvalue weighted by Crippen LogP contribution is 2.16. The van der Waals surface area contributed by atoms with E-state index in [2.05, 4.69) is 17.4 Å². The van der Waals surface area contributed by atoms with Crippen LogP contribution in [0.3, 0.4) is 0 Å². The molecule has 0 spiro atoms. The number of ether oxygens (including phenoxy) is 1. The van der Waals surface area contributed by atoms with E-state index in [1.54, 1.807) is 0 Å². The lowest BCUT2D eigenvalue weighted by molar-refractivity contribution is -0.121. The minimum absolute atomic E-state index is 0.0708. The number of aryl methyl sites for hydroxylation is 2. The van der Waals surface area contributed by atoms with Gasteiger partial charge in [-0.1, -0.05) is 30.3 Å². The first-order valence-electron chi connectivity index (χ1n) is 9.32. The number of carbonyl (C=O) groups excluding carboxylic acids is 1. The molecule has 1 amide bonds. The lowest BCUT2D eigenvalue weighted by Crippen LogP contribution is -2.33. The average Bonchev–Trinajstić information content (AvgIpc) is 2.60. The Morgan fingerprint density at radius 2 is 1.73 bits per heavy atom. The van der Waals surface area contributed by atoms with Crippen molar-refractivity contribution in [2.75, 3.05) is 5.73 Å². The predicted octanol–water partition coefficient (Wildman–Crippen LogP) is 4.13. The first kappa shape index (κ1) is 19.8. The fourth-order valence-electron chi connectivity index (χ4n) is 2.82. The third-order valence-electron chi connectivity index (χ3n) is 4.25. The van der Waals surface area contributed by atoms with Crippen LogP contribution in [0.15, 0.2) is 48.5 Å². The zero-order valence-electron chi connectivity index (χ0n) is 16.0. The number of para-hydroxylation sites is 1. The van der Waals surface area contributed by atoms with Gasteiger partial charge in [0, 0.05) is 18.2 Å². The second-order valence-electron chi connectivity index (χ2n) is 7.02. The molecule has 0 saturated carbocycles. The molecule has 3 N–H and O–H groups in total. The molecule has 4 nitrogen and oxygen atoms in total. The number of nitrogens with one attached hydrogen (secondary N) is 1. The molecule has 1 unspecified atom stereocenters. The molecule has 0 aliphatic carbocycles. The topological polar surface area (TPSA) is 64.3 Å². The van der Waals surface area contributed by atoms with Gasteiger partial charge in [0.15, 0.2) is 0 Å². The molecule has 0 heterocycles. The van der Waals surface area contributed by atoms with Crippen LogP contribution in [-0.2, 0) is 17.6 Å². The summed E-state index contributed by atoms with van der Waals surface area (Å²) in [6.07, 6.45) is 3.14. The Hall–Kier alpha value is -2.49. The lowest BCUT2D eigenvalue weighted by atomic mass is 10.0. The van der Waals surface area contributed by atoms with Crippen LogP contribution in [0, 0.1) is 0 Å². The Morgan fingerprint density at radius 1 is 1.04 bits per heavy atom. The predicted molar refractivity (Wildman–Crippen MR) is 107 cm³/mol. The van der Waals surface area contributed by atoms with E-state index >= 15 is 0 Å². The largest absolute Gasteiger partial charge is 0.491 e. The monoisotopic (exact) mass is 354 g/mol. The van der Waals surface area contributed by atoms with Gasteiger partial charge in [0.2, 0.25) is 5.91 Å². The van der Waals surface area contributed by atoms with Crippen LogP contribution in [0.5, 0.6) is 5.75 Å². The normalized spacial score (nSPS) is 12.0. The summed E-state index contributed by atoms with van der Waals surface area (Å²) in [4.78, 5) is 12.1. The number of nitrogens with two attached hydrogens (primary N) is 1. The highest BCUT2D eigenvalue weighted by Gasteiger charge is 2.09. The second kappa shape index (κ2) is 9.85. The number of carbonyl (C=O) groups is 1. The molecule has 0 fully saturated rings. The van der Waals surface area contributed by atoms with Crippen molar-refractivity contribution >= 4 is 11.6 Å². The minimum Gasteiger partial charge on any atom is -0.491 e. The molecule has 4 heteroatoms. The Balaban J connectivity index is 1.71. The van der Waals surface area contributed by atoms with Crippen LogP contribution in [0.2, 0.25) is 0 Å². The third kappa shape index (κ3) is 6.79. The highest BCUT2D eigenvalue weighted by atomic mass is 16.5. The molecule has 2 aromatic carbocycles. The summed E-state index contributed by atoms with van der Waals surface area (Å²) in [6.45, 7) is 6.08. The number of hydrogen-bond donors (Lipinski definition) is 2. The number of anilines is 1. The first-order valence-corrected chi connectivity index (χ1v) is 9.32. The molecule has 0 aliphatic rings. The number of hydrogen-bond acceptors (Lipinski definition) is 3. The fraction of sp³-hybridized carbons (Fsp3) is 0.409. The van der Waals surface area contributed by atoms with E-state index in [9.17, 15) is 4.79 Å². The van der Waals surface area contributed by atoms with Crippen LogP contribution in [0.4, 0.5) is 5.69 Å². The molecule has 0 aliphatic heterocycles. The maximum Gasteiger partial charge on any atom is 0.220 e. The van der Waals surface area contributed by atoms with Crippen molar-refractivity contribution in [2.24, 2.45) is 0 Å². The van der Waals surface area contributed by atoms with E-state index in [0.717, 1.165) is 29.8 Å². The molecular weight excluding hydrogens is 324 g/mol. The van der Waals surface area contributed by atoms with Gasteiger partial charge >= 0.3 is 0 Å². The molecule has 0 saturated heterocycles. The van der Waals surface area contributed by atoms with Gasteiger partial charge in [-0.25, -0.2) is 0 Å². The van der Waals surface area contributed by atoms with Crippen molar-refractivity contribution < 1.29 is 9.53 Å². The Kier molecular flexibility index (Phi) is 7.52. The van der Waals surface area contributed by atoms with Crippen LogP contribution >= 0.6 is 0 Å². The number of rotatable bonds is 9.